The molecule has 0 radical (unpaired) electrons. The van der Waals surface area contributed by atoms with Gasteiger partial charge in [0.1, 0.15) is 5.82 Å². The lowest BCUT2D eigenvalue weighted by Crippen LogP contribution is -2.20. The maximum absolute atomic E-state index is 13.5. The first kappa shape index (κ1) is 16.3. The summed E-state index contributed by atoms with van der Waals surface area (Å²) in [5.41, 5.74) is 0. The molecule has 0 aromatic heterocycles. The van der Waals surface area contributed by atoms with Gasteiger partial charge in [-0.05, 0) is 35.8 Å². The van der Waals surface area contributed by atoms with Gasteiger partial charge in [0.2, 0.25) is 0 Å². The summed E-state index contributed by atoms with van der Waals surface area (Å²) in [5.74, 6) is -1.40. The van der Waals surface area contributed by atoms with E-state index in [2.05, 4.69) is 15.9 Å². The zero-order valence-corrected chi connectivity index (χ0v) is 12.5. The summed E-state index contributed by atoms with van der Waals surface area (Å²) in [6, 6.07) is 1.93. The van der Waals surface area contributed by atoms with Crippen molar-refractivity contribution in [3.05, 3.63) is 28.2 Å². The third-order valence-electron chi connectivity index (χ3n) is 2.27. The fourth-order valence-corrected chi connectivity index (χ4v) is 2.03. The minimum atomic E-state index is -0.740. The first-order valence-corrected chi connectivity index (χ1v) is 6.88. The van der Waals surface area contributed by atoms with E-state index in [0.29, 0.717) is 19.6 Å². The number of ether oxygens (including phenoxy) is 3. The fourth-order valence-electron chi connectivity index (χ4n) is 1.51. The van der Waals surface area contributed by atoms with Gasteiger partial charge in [-0.1, -0.05) is 0 Å². The highest BCUT2D eigenvalue weighted by molar-refractivity contribution is 9.10. The Hall–Kier alpha value is -0.720. The lowest BCUT2D eigenvalue weighted by molar-refractivity contribution is -0.142. The van der Waals surface area contributed by atoms with Crippen molar-refractivity contribution in [3.8, 4) is 5.75 Å². The van der Waals surface area contributed by atoms with Crippen molar-refractivity contribution in [1.29, 1.82) is 0 Å². The largest absolute Gasteiger partial charge is 0.489 e. The molecule has 19 heavy (non-hydrogen) atoms. The molecule has 0 aliphatic heterocycles. The van der Waals surface area contributed by atoms with E-state index in [-0.39, 0.29) is 23.1 Å². The van der Waals surface area contributed by atoms with Crippen LogP contribution in [0.2, 0.25) is 0 Å². The zero-order valence-electron chi connectivity index (χ0n) is 10.9. The van der Waals surface area contributed by atoms with Crippen LogP contribution >= 0.6 is 15.9 Å². The normalized spacial score (nSPS) is 11.1. The summed E-state index contributed by atoms with van der Waals surface area (Å²) in [6.45, 7) is 5.00. The molecular weight excluding hydrogens is 322 g/mol. The average molecular weight is 339 g/mol. The smallest absolute Gasteiger partial charge is 0.169 e. The van der Waals surface area contributed by atoms with E-state index in [4.69, 9.17) is 14.2 Å². The Labute approximate surface area is 120 Å². The van der Waals surface area contributed by atoms with E-state index in [1.807, 2.05) is 13.8 Å². The summed E-state index contributed by atoms with van der Waals surface area (Å²) in [6.07, 6.45) is 0.0857. The second kappa shape index (κ2) is 8.45. The number of benzene rings is 1. The molecule has 0 fully saturated rings. The highest BCUT2D eigenvalue weighted by Gasteiger charge is 2.13. The van der Waals surface area contributed by atoms with Gasteiger partial charge >= 0.3 is 0 Å². The van der Waals surface area contributed by atoms with Crippen molar-refractivity contribution in [1.82, 2.24) is 0 Å². The van der Waals surface area contributed by atoms with E-state index in [1.165, 1.54) is 0 Å². The predicted octanol–water partition coefficient (Wildman–Crippen LogP) is 3.90. The molecule has 108 valence electrons. The molecule has 0 unspecified atom stereocenters. The Morgan fingerprint density at radius 1 is 1.16 bits per heavy atom. The molecule has 1 rings (SSSR count). The van der Waals surface area contributed by atoms with E-state index < -0.39 is 11.6 Å². The number of hydrogen-bond acceptors (Lipinski definition) is 3. The summed E-state index contributed by atoms with van der Waals surface area (Å²) in [7, 11) is 0. The van der Waals surface area contributed by atoms with Crippen LogP contribution in [-0.4, -0.2) is 26.1 Å². The Balaban J connectivity index is 2.52. The van der Waals surface area contributed by atoms with E-state index >= 15 is 0 Å². The summed E-state index contributed by atoms with van der Waals surface area (Å²) < 4.78 is 42.6. The molecule has 0 aliphatic rings. The molecule has 0 bridgehead atoms. The average Bonchev–Trinajstić information content (AvgIpc) is 2.32. The van der Waals surface area contributed by atoms with Gasteiger partial charge in [0.15, 0.2) is 17.9 Å². The topological polar surface area (TPSA) is 27.7 Å². The number of halogens is 3. The molecule has 0 saturated heterocycles. The van der Waals surface area contributed by atoms with Gasteiger partial charge in [0.25, 0.3) is 0 Å². The van der Waals surface area contributed by atoms with Crippen molar-refractivity contribution in [2.24, 2.45) is 0 Å². The molecule has 0 saturated carbocycles. The van der Waals surface area contributed by atoms with Crippen molar-refractivity contribution in [2.45, 2.75) is 26.6 Å². The van der Waals surface area contributed by atoms with Gasteiger partial charge in [-0.25, -0.2) is 8.78 Å². The van der Waals surface area contributed by atoms with Crippen molar-refractivity contribution in [3.63, 3.8) is 0 Å². The molecule has 0 N–H and O–H groups in total. The monoisotopic (exact) mass is 338 g/mol. The lowest BCUT2D eigenvalue weighted by atomic mass is 10.3. The molecule has 0 atom stereocenters. The molecule has 0 spiro atoms. The molecule has 6 heteroatoms. The van der Waals surface area contributed by atoms with Crippen LogP contribution in [0.15, 0.2) is 16.6 Å². The van der Waals surface area contributed by atoms with Crippen molar-refractivity contribution < 1.29 is 23.0 Å². The minimum Gasteiger partial charge on any atom is -0.489 e. The second-order valence-corrected chi connectivity index (χ2v) is 4.53. The highest BCUT2D eigenvalue weighted by atomic mass is 79.9. The summed E-state index contributed by atoms with van der Waals surface area (Å²) in [4.78, 5) is 0. The standard InChI is InChI=1S/C13H17BrF2O3/c1-3-17-12(18-4-2)5-6-19-13-10(14)7-9(15)8-11(13)16/h7-8,12H,3-6H2,1-2H3. The fraction of sp³-hybridized carbons (Fsp3) is 0.538. The summed E-state index contributed by atoms with van der Waals surface area (Å²) >= 11 is 3.06. The molecule has 0 heterocycles. The Morgan fingerprint density at radius 2 is 1.79 bits per heavy atom. The maximum Gasteiger partial charge on any atom is 0.169 e. The van der Waals surface area contributed by atoms with Crippen LogP contribution in [0.25, 0.3) is 0 Å². The lowest BCUT2D eigenvalue weighted by Gasteiger charge is -2.17. The third-order valence-corrected chi connectivity index (χ3v) is 2.86. The molecule has 1 aromatic carbocycles. The highest BCUT2D eigenvalue weighted by Crippen LogP contribution is 2.29. The van der Waals surface area contributed by atoms with Gasteiger partial charge in [-0.3, -0.25) is 0 Å². The Kier molecular flexibility index (Phi) is 7.27. The third kappa shape index (κ3) is 5.42. The molecule has 3 nitrogen and oxygen atoms in total. The predicted molar refractivity (Wildman–Crippen MR) is 71.2 cm³/mol. The molecule has 0 aliphatic carbocycles. The van der Waals surface area contributed by atoms with E-state index in [1.54, 1.807) is 0 Å². The molecule has 0 amide bonds. The van der Waals surface area contributed by atoms with Crippen LogP contribution in [0, 0.1) is 11.6 Å². The van der Waals surface area contributed by atoms with Crippen LogP contribution in [0.3, 0.4) is 0 Å². The second-order valence-electron chi connectivity index (χ2n) is 3.68. The number of rotatable bonds is 8. The van der Waals surface area contributed by atoms with E-state index in [9.17, 15) is 8.78 Å². The van der Waals surface area contributed by atoms with Crippen molar-refractivity contribution in [2.75, 3.05) is 19.8 Å². The van der Waals surface area contributed by atoms with Gasteiger partial charge < -0.3 is 14.2 Å². The van der Waals surface area contributed by atoms with Crippen LogP contribution < -0.4 is 4.74 Å². The van der Waals surface area contributed by atoms with Crippen LogP contribution in [0.5, 0.6) is 5.75 Å². The quantitative estimate of drug-likeness (QED) is 0.673. The van der Waals surface area contributed by atoms with Crippen LogP contribution in [0.1, 0.15) is 20.3 Å². The van der Waals surface area contributed by atoms with E-state index in [0.717, 1.165) is 12.1 Å². The SMILES string of the molecule is CCOC(CCOc1c(F)cc(F)cc1Br)OCC. The minimum absolute atomic E-state index is 0.00635. The van der Waals surface area contributed by atoms with Crippen molar-refractivity contribution >= 4 is 15.9 Å². The maximum atomic E-state index is 13.5. The molecular formula is C13H17BrF2O3. The first-order valence-electron chi connectivity index (χ1n) is 6.09. The first-order chi connectivity index (χ1) is 9.08. The number of hydrogen-bond donors (Lipinski definition) is 0. The Bertz CT molecular complexity index is 372. The molecule has 1 aromatic rings. The van der Waals surface area contributed by atoms with Gasteiger partial charge in [0, 0.05) is 25.7 Å². The van der Waals surface area contributed by atoms with Gasteiger partial charge in [0.05, 0.1) is 11.1 Å². The Morgan fingerprint density at radius 3 is 2.32 bits per heavy atom. The van der Waals surface area contributed by atoms with Crippen LogP contribution in [0.4, 0.5) is 8.78 Å². The van der Waals surface area contributed by atoms with Crippen LogP contribution in [-0.2, 0) is 9.47 Å². The summed E-state index contributed by atoms with van der Waals surface area (Å²) in [5, 5.41) is 0. The van der Waals surface area contributed by atoms with Gasteiger partial charge in [-0.2, -0.15) is 0 Å². The zero-order chi connectivity index (χ0) is 14.3. The van der Waals surface area contributed by atoms with Gasteiger partial charge in [-0.15, -0.1) is 0 Å².